The van der Waals surface area contributed by atoms with Crippen molar-refractivity contribution < 1.29 is 13.2 Å². The first-order valence-corrected chi connectivity index (χ1v) is 5.34. The summed E-state index contributed by atoms with van der Waals surface area (Å²) in [6.07, 6.45) is 1.42. The Morgan fingerprint density at radius 3 is 2.40 bits per heavy atom. The van der Waals surface area contributed by atoms with Crippen molar-refractivity contribution in [3.8, 4) is 0 Å². The minimum absolute atomic E-state index is 0.436. The zero-order valence-corrected chi connectivity index (χ0v) is 9.24. The molecule has 0 aromatic heterocycles. The van der Waals surface area contributed by atoms with Gasteiger partial charge in [-0.15, -0.1) is 6.58 Å². The summed E-state index contributed by atoms with van der Waals surface area (Å²) in [5, 5.41) is 2.71. The van der Waals surface area contributed by atoms with Crippen LogP contribution in [0.4, 0.5) is 13.2 Å². The average molecular weight is 223 g/mol. The Kier molecular flexibility index (Phi) is 7.48. The van der Waals surface area contributed by atoms with Crippen molar-refractivity contribution in [2.45, 2.75) is 50.7 Å². The third-order valence-corrected chi connectivity index (χ3v) is 2.35. The first kappa shape index (κ1) is 14.5. The van der Waals surface area contributed by atoms with Crippen LogP contribution >= 0.6 is 0 Å². The molecule has 0 saturated heterocycles. The Bertz CT molecular complexity index is 166. The molecular weight excluding hydrogens is 203 g/mol. The molecule has 0 amide bonds. The van der Waals surface area contributed by atoms with Gasteiger partial charge in [-0.25, -0.2) is 0 Å². The van der Waals surface area contributed by atoms with E-state index in [1.165, 1.54) is 0 Å². The molecule has 0 spiro atoms. The van der Waals surface area contributed by atoms with Gasteiger partial charge in [0.25, 0.3) is 0 Å². The van der Waals surface area contributed by atoms with E-state index in [2.05, 4.69) is 11.9 Å². The van der Waals surface area contributed by atoms with E-state index in [4.69, 9.17) is 0 Å². The fourth-order valence-electron chi connectivity index (χ4n) is 1.48. The summed E-state index contributed by atoms with van der Waals surface area (Å²) < 4.78 is 36.2. The maximum Gasteiger partial charge on any atom is 0.390 e. The molecule has 1 nitrogen and oxygen atoms in total. The second kappa shape index (κ2) is 7.74. The molecule has 0 aliphatic rings. The highest BCUT2D eigenvalue weighted by molar-refractivity contribution is 4.70. The second-order valence-electron chi connectivity index (χ2n) is 3.73. The normalized spacial score (nSPS) is 13.9. The van der Waals surface area contributed by atoms with E-state index in [1.54, 1.807) is 7.05 Å². The first-order valence-electron chi connectivity index (χ1n) is 5.34. The maximum atomic E-state index is 12.1. The molecule has 0 aliphatic carbocycles. The van der Waals surface area contributed by atoms with Gasteiger partial charge < -0.3 is 5.32 Å². The summed E-state index contributed by atoms with van der Waals surface area (Å²) in [7, 11) is 1.58. The number of alkyl halides is 3. The van der Waals surface area contributed by atoms with Crippen LogP contribution in [0.5, 0.6) is 0 Å². The zero-order valence-electron chi connectivity index (χ0n) is 9.24. The molecule has 0 radical (unpaired) electrons. The molecule has 0 rings (SSSR count). The topological polar surface area (TPSA) is 12.0 Å². The number of nitrogens with one attached hydrogen (secondary N) is 1. The van der Waals surface area contributed by atoms with Crippen molar-refractivity contribution in [2.24, 2.45) is 0 Å². The van der Waals surface area contributed by atoms with Crippen molar-refractivity contribution >= 4 is 0 Å². The highest BCUT2D eigenvalue weighted by Gasteiger charge is 2.30. The van der Waals surface area contributed by atoms with Crippen molar-refractivity contribution in [1.29, 1.82) is 0 Å². The molecule has 1 N–H and O–H groups in total. The van der Waals surface area contributed by atoms with E-state index in [9.17, 15) is 13.2 Å². The summed E-state index contributed by atoms with van der Waals surface area (Å²) in [6, 6.07) is -0.436. The molecule has 0 fully saturated rings. The van der Waals surface area contributed by atoms with Gasteiger partial charge in [0.2, 0.25) is 0 Å². The molecule has 0 aliphatic heterocycles. The van der Waals surface area contributed by atoms with Crippen LogP contribution in [0.2, 0.25) is 0 Å². The van der Waals surface area contributed by atoms with Crippen LogP contribution in [0.3, 0.4) is 0 Å². The van der Waals surface area contributed by atoms with Crippen molar-refractivity contribution in [3.05, 3.63) is 12.7 Å². The van der Waals surface area contributed by atoms with Crippen LogP contribution in [0.15, 0.2) is 12.7 Å². The smallest absolute Gasteiger partial charge is 0.317 e. The Morgan fingerprint density at radius 1 is 1.27 bits per heavy atom. The van der Waals surface area contributed by atoms with Crippen LogP contribution in [0.25, 0.3) is 0 Å². The minimum Gasteiger partial charge on any atom is -0.317 e. The third-order valence-electron chi connectivity index (χ3n) is 2.35. The number of hydrogen-bond acceptors (Lipinski definition) is 1. The number of rotatable bonds is 8. The standard InChI is InChI=1S/C11H20F3N/c1-3-4-5-6-7-8-10(15-2)9-11(12,13)14/h3,10,15H,1,4-9H2,2H3. The van der Waals surface area contributed by atoms with Crippen molar-refractivity contribution in [2.75, 3.05) is 7.05 Å². The molecule has 0 aromatic rings. The highest BCUT2D eigenvalue weighted by Crippen LogP contribution is 2.23. The summed E-state index contributed by atoms with van der Waals surface area (Å²) in [5.41, 5.74) is 0. The molecular formula is C11H20F3N. The fraction of sp³-hybridized carbons (Fsp3) is 0.818. The molecule has 15 heavy (non-hydrogen) atoms. The molecule has 0 bridgehead atoms. The van der Waals surface area contributed by atoms with E-state index in [1.807, 2.05) is 6.08 Å². The molecule has 1 atom stereocenters. The van der Waals surface area contributed by atoms with Gasteiger partial charge in [-0.1, -0.05) is 18.9 Å². The van der Waals surface area contributed by atoms with E-state index in [0.717, 1.165) is 25.7 Å². The number of unbranched alkanes of at least 4 members (excludes halogenated alkanes) is 3. The fourth-order valence-corrected chi connectivity index (χ4v) is 1.48. The minimum atomic E-state index is -4.06. The lowest BCUT2D eigenvalue weighted by atomic mass is 10.0. The summed E-state index contributed by atoms with van der Waals surface area (Å²) >= 11 is 0. The van der Waals surface area contributed by atoms with E-state index < -0.39 is 18.6 Å². The largest absolute Gasteiger partial charge is 0.390 e. The lowest BCUT2D eigenvalue weighted by Gasteiger charge is -2.17. The Morgan fingerprint density at radius 2 is 1.93 bits per heavy atom. The van der Waals surface area contributed by atoms with Gasteiger partial charge in [-0.3, -0.25) is 0 Å². The van der Waals surface area contributed by atoms with Crippen LogP contribution in [-0.4, -0.2) is 19.3 Å². The van der Waals surface area contributed by atoms with Gasteiger partial charge in [0.1, 0.15) is 0 Å². The van der Waals surface area contributed by atoms with Gasteiger partial charge in [-0.2, -0.15) is 13.2 Å². The van der Waals surface area contributed by atoms with Gasteiger partial charge in [0.15, 0.2) is 0 Å². The molecule has 90 valence electrons. The SMILES string of the molecule is C=CCCCCCC(CC(F)(F)F)NC. The van der Waals surface area contributed by atoms with E-state index >= 15 is 0 Å². The van der Waals surface area contributed by atoms with Gasteiger partial charge >= 0.3 is 6.18 Å². The maximum absolute atomic E-state index is 12.1. The van der Waals surface area contributed by atoms with Crippen molar-refractivity contribution in [1.82, 2.24) is 5.32 Å². The summed E-state index contributed by atoms with van der Waals surface area (Å²) in [4.78, 5) is 0. The Balaban J connectivity index is 3.57. The Labute approximate surface area is 89.7 Å². The van der Waals surface area contributed by atoms with Gasteiger partial charge in [0, 0.05) is 6.04 Å². The summed E-state index contributed by atoms with van der Waals surface area (Å²) in [5.74, 6) is 0. The van der Waals surface area contributed by atoms with Gasteiger partial charge in [0.05, 0.1) is 6.42 Å². The lowest BCUT2D eigenvalue weighted by molar-refractivity contribution is -0.140. The first-order chi connectivity index (χ1) is 6.99. The molecule has 0 heterocycles. The van der Waals surface area contributed by atoms with Crippen LogP contribution in [0, 0.1) is 0 Å². The lowest BCUT2D eigenvalue weighted by Crippen LogP contribution is -2.30. The molecule has 0 aromatic carbocycles. The van der Waals surface area contributed by atoms with Crippen LogP contribution < -0.4 is 5.32 Å². The van der Waals surface area contributed by atoms with Crippen LogP contribution in [-0.2, 0) is 0 Å². The van der Waals surface area contributed by atoms with Crippen molar-refractivity contribution in [3.63, 3.8) is 0 Å². The predicted molar refractivity (Wildman–Crippen MR) is 56.8 cm³/mol. The third kappa shape index (κ3) is 9.79. The van der Waals surface area contributed by atoms with E-state index in [0.29, 0.717) is 6.42 Å². The summed E-state index contributed by atoms with van der Waals surface area (Å²) in [6.45, 7) is 3.60. The van der Waals surface area contributed by atoms with E-state index in [-0.39, 0.29) is 0 Å². The molecule has 4 heteroatoms. The van der Waals surface area contributed by atoms with Gasteiger partial charge in [-0.05, 0) is 26.3 Å². The second-order valence-corrected chi connectivity index (χ2v) is 3.73. The quantitative estimate of drug-likeness (QED) is 0.489. The Hall–Kier alpha value is -0.510. The van der Waals surface area contributed by atoms with Crippen LogP contribution in [0.1, 0.15) is 38.5 Å². The number of halogens is 3. The zero-order chi connectivity index (χ0) is 11.7. The average Bonchev–Trinajstić information content (AvgIpc) is 2.14. The monoisotopic (exact) mass is 223 g/mol. The molecule has 0 saturated carbocycles. The highest BCUT2D eigenvalue weighted by atomic mass is 19.4. The number of allylic oxidation sites excluding steroid dienone is 1. The predicted octanol–water partition coefficient (Wildman–Crippen LogP) is 3.66. The number of hydrogen-bond donors (Lipinski definition) is 1. The molecule has 1 unspecified atom stereocenters.